The van der Waals surface area contributed by atoms with Gasteiger partial charge in [0, 0.05) is 11.4 Å². The lowest BCUT2D eigenvalue weighted by Crippen LogP contribution is -2.40. The van der Waals surface area contributed by atoms with Crippen LogP contribution in [0.2, 0.25) is 0 Å². The van der Waals surface area contributed by atoms with E-state index in [1.54, 1.807) is 0 Å². The zero-order valence-corrected chi connectivity index (χ0v) is 14.7. The number of rotatable bonds is 7. The van der Waals surface area contributed by atoms with Crippen LogP contribution < -0.4 is 10.6 Å². The Balaban J connectivity index is 1.73. The molecule has 1 aromatic heterocycles. The number of hydrogen-bond donors (Lipinski definition) is 3. The number of carbonyl (C=O) groups is 2. The molecule has 1 atom stereocenters. The Bertz CT molecular complexity index is 531. The van der Waals surface area contributed by atoms with Crippen LogP contribution in [0, 0.1) is 5.92 Å². The van der Waals surface area contributed by atoms with Crippen LogP contribution in [0.5, 0.6) is 0 Å². The minimum absolute atomic E-state index is 0.0597. The molecular weight excluding hydrogens is 312 g/mol. The van der Waals surface area contributed by atoms with E-state index in [-0.39, 0.29) is 24.9 Å². The molecule has 0 radical (unpaired) electrons. The molecule has 0 aromatic carbocycles. The first-order valence-electron chi connectivity index (χ1n) is 8.30. The van der Waals surface area contributed by atoms with Gasteiger partial charge in [0.2, 0.25) is 5.91 Å². The number of carbonyl (C=O) groups excluding carboxylic acids is 2. The zero-order valence-electron chi connectivity index (χ0n) is 13.9. The molecule has 6 heteroatoms. The molecule has 1 aliphatic rings. The molecule has 1 unspecified atom stereocenters. The minimum Gasteiger partial charge on any atom is -0.391 e. The molecular formula is C17H26N2O3S. The number of aryl methyl sites for hydroxylation is 2. The average molecular weight is 338 g/mol. The molecule has 0 aliphatic heterocycles. The standard InChI is InChI=1S/C17H26N2O3S/c1-11(2)7-13(20)9-18-16(21)10-19-17(22)15-8-12-5-3-4-6-14(12)23-15/h8,11,13,20H,3-7,9-10H2,1-2H3,(H,18,21)(H,19,22). The largest absolute Gasteiger partial charge is 0.391 e. The van der Waals surface area contributed by atoms with Crippen molar-refractivity contribution in [1.82, 2.24) is 10.6 Å². The minimum atomic E-state index is -0.543. The van der Waals surface area contributed by atoms with E-state index in [9.17, 15) is 14.7 Å². The first kappa shape index (κ1) is 17.9. The highest BCUT2D eigenvalue weighted by molar-refractivity contribution is 7.14. The average Bonchev–Trinajstić information content (AvgIpc) is 2.94. The van der Waals surface area contributed by atoms with Crippen molar-refractivity contribution in [3.63, 3.8) is 0 Å². The maximum atomic E-state index is 12.1. The SMILES string of the molecule is CC(C)CC(O)CNC(=O)CNC(=O)c1cc2c(s1)CCCC2. The van der Waals surface area contributed by atoms with E-state index in [1.165, 1.54) is 34.6 Å². The van der Waals surface area contributed by atoms with Gasteiger partial charge in [-0.15, -0.1) is 11.3 Å². The van der Waals surface area contributed by atoms with E-state index in [0.717, 1.165) is 12.8 Å². The van der Waals surface area contributed by atoms with E-state index in [4.69, 9.17) is 0 Å². The summed E-state index contributed by atoms with van der Waals surface area (Å²) in [7, 11) is 0. The van der Waals surface area contributed by atoms with Crippen LogP contribution in [0.25, 0.3) is 0 Å². The quantitative estimate of drug-likeness (QED) is 0.710. The second-order valence-corrected chi connectivity index (χ2v) is 7.67. The number of aliphatic hydroxyl groups is 1. The van der Waals surface area contributed by atoms with Crippen molar-refractivity contribution < 1.29 is 14.7 Å². The molecule has 5 nitrogen and oxygen atoms in total. The van der Waals surface area contributed by atoms with Crippen molar-refractivity contribution in [2.75, 3.05) is 13.1 Å². The maximum Gasteiger partial charge on any atom is 0.261 e. The zero-order chi connectivity index (χ0) is 16.8. The summed E-state index contributed by atoms with van der Waals surface area (Å²) in [6, 6.07) is 1.96. The van der Waals surface area contributed by atoms with Crippen LogP contribution in [-0.4, -0.2) is 36.1 Å². The number of amides is 2. The fourth-order valence-electron chi connectivity index (χ4n) is 2.77. The summed E-state index contributed by atoms with van der Waals surface area (Å²) < 4.78 is 0. The monoisotopic (exact) mass is 338 g/mol. The lowest BCUT2D eigenvalue weighted by molar-refractivity contribution is -0.120. The first-order valence-corrected chi connectivity index (χ1v) is 9.12. The van der Waals surface area contributed by atoms with Crippen LogP contribution in [0.15, 0.2) is 6.07 Å². The van der Waals surface area contributed by atoms with Gasteiger partial charge in [0.25, 0.3) is 5.91 Å². The molecule has 2 rings (SSSR count). The molecule has 0 bridgehead atoms. The summed E-state index contributed by atoms with van der Waals surface area (Å²) >= 11 is 1.54. The van der Waals surface area contributed by atoms with E-state index in [0.29, 0.717) is 17.2 Å². The number of nitrogens with one attached hydrogen (secondary N) is 2. The highest BCUT2D eigenvalue weighted by Crippen LogP contribution is 2.29. The number of thiophene rings is 1. The number of hydrogen-bond acceptors (Lipinski definition) is 4. The fourth-order valence-corrected chi connectivity index (χ4v) is 3.94. The summed E-state index contributed by atoms with van der Waals surface area (Å²) in [5.41, 5.74) is 1.28. The second-order valence-electron chi connectivity index (χ2n) is 6.54. The first-order chi connectivity index (χ1) is 11.0. The number of fused-ring (bicyclic) bond motifs is 1. The van der Waals surface area contributed by atoms with Crippen LogP contribution in [0.1, 0.15) is 53.2 Å². The maximum absolute atomic E-state index is 12.1. The van der Waals surface area contributed by atoms with Crippen LogP contribution >= 0.6 is 11.3 Å². The Morgan fingerprint density at radius 2 is 2.00 bits per heavy atom. The van der Waals surface area contributed by atoms with E-state index in [2.05, 4.69) is 10.6 Å². The Hall–Kier alpha value is -1.40. The third-order valence-electron chi connectivity index (χ3n) is 3.91. The molecule has 0 fully saturated rings. The summed E-state index contributed by atoms with van der Waals surface area (Å²) in [6.45, 7) is 4.20. The fraction of sp³-hybridized carbons (Fsp3) is 0.647. The Morgan fingerprint density at radius 3 is 2.70 bits per heavy atom. The van der Waals surface area contributed by atoms with Gasteiger partial charge < -0.3 is 15.7 Å². The summed E-state index contributed by atoms with van der Waals surface area (Å²) in [6.07, 6.45) is 4.59. The third-order valence-corrected chi connectivity index (χ3v) is 5.14. The molecule has 1 heterocycles. The molecule has 3 N–H and O–H groups in total. The molecule has 23 heavy (non-hydrogen) atoms. The predicted molar refractivity (Wildman–Crippen MR) is 91.8 cm³/mol. The van der Waals surface area contributed by atoms with E-state index in [1.807, 2.05) is 19.9 Å². The van der Waals surface area contributed by atoms with Crippen molar-refractivity contribution in [1.29, 1.82) is 0 Å². The predicted octanol–water partition coefficient (Wildman–Crippen LogP) is 1.88. The second kappa shape index (κ2) is 8.45. The van der Waals surface area contributed by atoms with Gasteiger partial charge in [0.15, 0.2) is 0 Å². The van der Waals surface area contributed by atoms with Gasteiger partial charge in [0.1, 0.15) is 0 Å². The molecule has 128 valence electrons. The topological polar surface area (TPSA) is 78.4 Å². The van der Waals surface area contributed by atoms with Gasteiger partial charge in [-0.25, -0.2) is 0 Å². The molecule has 0 saturated heterocycles. The van der Waals surface area contributed by atoms with Crippen molar-refractivity contribution in [3.05, 3.63) is 21.4 Å². The van der Waals surface area contributed by atoms with Crippen molar-refractivity contribution in [2.45, 2.75) is 52.1 Å². The third kappa shape index (κ3) is 5.62. The molecule has 0 spiro atoms. The summed E-state index contributed by atoms with van der Waals surface area (Å²) in [5, 5.41) is 15.0. The van der Waals surface area contributed by atoms with Crippen LogP contribution in [0.4, 0.5) is 0 Å². The molecule has 1 aromatic rings. The van der Waals surface area contributed by atoms with Crippen molar-refractivity contribution >= 4 is 23.2 Å². The normalized spacial score (nSPS) is 15.1. The lowest BCUT2D eigenvalue weighted by atomic mass is 9.99. The molecule has 1 aliphatic carbocycles. The van der Waals surface area contributed by atoms with Gasteiger partial charge in [0.05, 0.1) is 17.5 Å². The lowest BCUT2D eigenvalue weighted by Gasteiger charge is -2.13. The molecule has 0 saturated carbocycles. The summed E-state index contributed by atoms with van der Waals surface area (Å²) in [4.78, 5) is 25.8. The Labute approximate surface area is 141 Å². The van der Waals surface area contributed by atoms with Crippen molar-refractivity contribution in [2.24, 2.45) is 5.92 Å². The Morgan fingerprint density at radius 1 is 1.26 bits per heavy atom. The Kier molecular flexibility index (Phi) is 6.59. The summed E-state index contributed by atoms with van der Waals surface area (Å²) in [5.74, 6) is -0.0868. The van der Waals surface area contributed by atoms with Gasteiger partial charge >= 0.3 is 0 Å². The highest BCUT2D eigenvalue weighted by Gasteiger charge is 2.17. The van der Waals surface area contributed by atoms with Gasteiger partial charge in [-0.1, -0.05) is 13.8 Å². The highest BCUT2D eigenvalue weighted by atomic mass is 32.1. The van der Waals surface area contributed by atoms with E-state index >= 15 is 0 Å². The van der Waals surface area contributed by atoms with Gasteiger partial charge in [-0.3, -0.25) is 9.59 Å². The van der Waals surface area contributed by atoms with E-state index < -0.39 is 6.10 Å². The number of aliphatic hydroxyl groups excluding tert-OH is 1. The van der Waals surface area contributed by atoms with Crippen molar-refractivity contribution in [3.8, 4) is 0 Å². The molecule has 2 amide bonds. The van der Waals surface area contributed by atoms with Gasteiger partial charge in [-0.05, 0) is 49.7 Å². The van der Waals surface area contributed by atoms with Crippen LogP contribution in [-0.2, 0) is 17.6 Å². The van der Waals surface area contributed by atoms with Crippen LogP contribution in [0.3, 0.4) is 0 Å². The smallest absolute Gasteiger partial charge is 0.261 e. The van der Waals surface area contributed by atoms with Gasteiger partial charge in [-0.2, -0.15) is 0 Å².